The number of nitrogens with zero attached hydrogens (tertiary/aromatic N) is 1. The third kappa shape index (κ3) is 6.15. The maximum absolute atomic E-state index is 2.54. The van der Waals surface area contributed by atoms with E-state index in [0.717, 1.165) is 11.4 Å². The predicted molar refractivity (Wildman–Crippen MR) is 273 cm³/mol. The van der Waals surface area contributed by atoms with Crippen LogP contribution in [0.25, 0.3) is 88.0 Å². The van der Waals surface area contributed by atoms with Gasteiger partial charge >= 0.3 is 0 Å². The van der Waals surface area contributed by atoms with Gasteiger partial charge < -0.3 is 4.90 Å². The standard InChI is InChI=1S/C63H45N/c1-63(2)59-26-13-12-22-54(59)55-40-39-50(41-60(55)63)64(49-37-35-47(36-38-49)46-33-31-45(32-34-46)44-29-27-43(28-30-44)42-15-4-3-5-16-42)62-58-24-11-9-21-53(58)52-20-8-10-23-57(52)61(62)56-25-14-18-48-17-6-7-19-51(48)56/h3-41H,1-2H3. The first-order valence-corrected chi connectivity index (χ1v) is 22.3. The van der Waals surface area contributed by atoms with E-state index < -0.39 is 0 Å². The van der Waals surface area contributed by atoms with Gasteiger partial charge in [0.2, 0.25) is 0 Å². The molecule has 11 aromatic rings. The smallest absolute Gasteiger partial charge is 0.0625 e. The zero-order chi connectivity index (χ0) is 42.8. The normalized spacial score (nSPS) is 12.7. The average molecular weight is 816 g/mol. The number of fused-ring (bicyclic) bond motifs is 7. The lowest BCUT2D eigenvalue weighted by Crippen LogP contribution is -2.17. The first-order valence-electron chi connectivity index (χ1n) is 22.3. The Labute approximate surface area is 375 Å². The Morgan fingerprint density at radius 1 is 0.297 bits per heavy atom. The minimum absolute atomic E-state index is 0.155. The lowest BCUT2D eigenvalue weighted by molar-refractivity contribution is 0.660. The summed E-state index contributed by atoms with van der Waals surface area (Å²) in [5.41, 5.74) is 18.3. The van der Waals surface area contributed by atoms with E-state index in [-0.39, 0.29) is 5.41 Å². The number of benzene rings is 11. The second-order valence-corrected chi connectivity index (χ2v) is 17.6. The lowest BCUT2D eigenvalue weighted by Gasteiger charge is -2.32. The van der Waals surface area contributed by atoms with Gasteiger partial charge in [-0.15, -0.1) is 0 Å². The number of anilines is 3. The van der Waals surface area contributed by atoms with Crippen molar-refractivity contribution in [3.63, 3.8) is 0 Å². The highest BCUT2D eigenvalue weighted by Crippen LogP contribution is 2.54. The van der Waals surface area contributed by atoms with Crippen LogP contribution in [0.3, 0.4) is 0 Å². The van der Waals surface area contributed by atoms with E-state index in [9.17, 15) is 0 Å². The van der Waals surface area contributed by atoms with E-state index in [4.69, 9.17) is 0 Å². The molecule has 0 saturated carbocycles. The Morgan fingerprint density at radius 2 is 0.734 bits per heavy atom. The van der Waals surface area contributed by atoms with Crippen LogP contribution in [0.5, 0.6) is 0 Å². The van der Waals surface area contributed by atoms with Gasteiger partial charge in [-0.1, -0.05) is 226 Å². The molecule has 1 heteroatoms. The summed E-state index contributed by atoms with van der Waals surface area (Å²) in [6.45, 7) is 4.75. The highest BCUT2D eigenvalue weighted by molar-refractivity contribution is 6.24. The van der Waals surface area contributed by atoms with Gasteiger partial charge in [0, 0.05) is 27.7 Å². The molecule has 64 heavy (non-hydrogen) atoms. The molecule has 1 nitrogen and oxygen atoms in total. The number of hydrogen-bond acceptors (Lipinski definition) is 1. The molecule has 0 N–H and O–H groups in total. The largest absolute Gasteiger partial charge is 0.309 e. The van der Waals surface area contributed by atoms with Gasteiger partial charge in [-0.05, 0) is 112 Å². The van der Waals surface area contributed by atoms with E-state index in [1.54, 1.807) is 0 Å². The Kier molecular flexibility index (Phi) is 8.91. The maximum atomic E-state index is 2.54. The van der Waals surface area contributed by atoms with Crippen LogP contribution in [0.4, 0.5) is 17.1 Å². The minimum Gasteiger partial charge on any atom is -0.309 e. The number of hydrogen-bond donors (Lipinski definition) is 0. The fourth-order valence-electron chi connectivity index (χ4n) is 10.5. The maximum Gasteiger partial charge on any atom is 0.0625 e. The predicted octanol–water partition coefficient (Wildman–Crippen LogP) is 17.6. The van der Waals surface area contributed by atoms with Gasteiger partial charge in [-0.3, -0.25) is 0 Å². The summed E-state index contributed by atoms with van der Waals surface area (Å²) in [5, 5.41) is 7.40. The minimum atomic E-state index is -0.155. The monoisotopic (exact) mass is 815 g/mol. The highest BCUT2D eigenvalue weighted by atomic mass is 15.1. The quantitative estimate of drug-likeness (QED) is 0.145. The van der Waals surface area contributed by atoms with Gasteiger partial charge in [0.15, 0.2) is 0 Å². The van der Waals surface area contributed by atoms with Crippen molar-refractivity contribution in [3.8, 4) is 55.6 Å². The van der Waals surface area contributed by atoms with E-state index in [2.05, 4.69) is 255 Å². The van der Waals surface area contributed by atoms with Crippen LogP contribution in [0.15, 0.2) is 237 Å². The molecule has 0 fully saturated rings. The van der Waals surface area contributed by atoms with Crippen LogP contribution in [-0.2, 0) is 5.41 Å². The third-order valence-corrected chi connectivity index (χ3v) is 13.7. The molecule has 1 aliphatic carbocycles. The zero-order valence-corrected chi connectivity index (χ0v) is 36.0. The van der Waals surface area contributed by atoms with Crippen molar-refractivity contribution in [1.29, 1.82) is 0 Å². The SMILES string of the molecule is CC1(C)c2ccccc2-c2ccc(N(c3ccc(-c4ccc(-c5ccc(-c6ccccc6)cc5)cc4)cc3)c3c(-c4cccc5ccccc45)c4ccccc4c4ccccc34)cc21. The Bertz CT molecular complexity index is 3540. The molecule has 11 aromatic carbocycles. The fraction of sp³-hybridized carbons (Fsp3) is 0.0476. The average Bonchev–Trinajstić information content (AvgIpc) is 3.59. The van der Waals surface area contributed by atoms with Crippen LogP contribution in [0, 0.1) is 0 Å². The molecular weight excluding hydrogens is 771 g/mol. The van der Waals surface area contributed by atoms with Crippen molar-refractivity contribution in [2.75, 3.05) is 4.90 Å². The van der Waals surface area contributed by atoms with Crippen molar-refractivity contribution in [1.82, 2.24) is 0 Å². The molecule has 0 aromatic heterocycles. The van der Waals surface area contributed by atoms with Crippen molar-refractivity contribution in [3.05, 3.63) is 248 Å². The topological polar surface area (TPSA) is 3.24 Å². The number of rotatable bonds is 7. The van der Waals surface area contributed by atoms with Crippen LogP contribution in [0.1, 0.15) is 25.0 Å². The van der Waals surface area contributed by atoms with Crippen molar-refractivity contribution in [2.45, 2.75) is 19.3 Å². The summed E-state index contributed by atoms with van der Waals surface area (Å²) in [5.74, 6) is 0. The molecule has 0 amide bonds. The second kappa shape index (κ2) is 15.1. The Hall–Kier alpha value is -8.00. The summed E-state index contributed by atoms with van der Waals surface area (Å²) in [6, 6.07) is 87.2. The Balaban J connectivity index is 1.04. The molecule has 0 heterocycles. The first-order chi connectivity index (χ1) is 31.5. The summed E-state index contributed by atoms with van der Waals surface area (Å²) in [7, 11) is 0. The Morgan fingerprint density at radius 3 is 1.39 bits per heavy atom. The van der Waals surface area contributed by atoms with E-state index in [1.165, 1.54) is 105 Å². The zero-order valence-electron chi connectivity index (χ0n) is 36.0. The molecule has 0 radical (unpaired) electrons. The molecule has 302 valence electrons. The second-order valence-electron chi connectivity index (χ2n) is 17.6. The van der Waals surface area contributed by atoms with Crippen molar-refractivity contribution >= 4 is 49.4 Å². The van der Waals surface area contributed by atoms with Gasteiger partial charge in [0.25, 0.3) is 0 Å². The summed E-state index contributed by atoms with van der Waals surface area (Å²) in [6.07, 6.45) is 0. The van der Waals surface area contributed by atoms with Gasteiger partial charge in [0.1, 0.15) is 0 Å². The van der Waals surface area contributed by atoms with E-state index in [0.29, 0.717) is 0 Å². The van der Waals surface area contributed by atoms with Gasteiger partial charge in [0.05, 0.1) is 5.69 Å². The summed E-state index contributed by atoms with van der Waals surface area (Å²) >= 11 is 0. The molecule has 0 saturated heterocycles. The van der Waals surface area contributed by atoms with Crippen LogP contribution in [-0.4, -0.2) is 0 Å². The van der Waals surface area contributed by atoms with Gasteiger partial charge in [-0.2, -0.15) is 0 Å². The van der Waals surface area contributed by atoms with Crippen LogP contribution in [0.2, 0.25) is 0 Å². The van der Waals surface area contributed by atoms with Crippen LogP contribution < -0.4 is 4.90 Å². The first kappa shape index (κ1) is 37.7. The summed E-state index contributed by atoms with van der Waals surface area (Å²) < 4.78 is 0. The molecular formula is C63H45N. The van der Waals surface area contributed by atoms with Gasteiger partial charge in [-0.25, -0.2) is 0 Å². The van der Waals surface area contributed by atoms with Crippen LogP contribution >= 0.6 is 0 Å². The molecule has 0 spiro atoms. The molecule has 0 bridgehead atoms. The highest BCUT2D eigenvalue weighted by Gasteiger charge is 2.36. The molecule has 0 atom stereocenters. The van der Waals surface area contributed by atoms with Crippen molar-refractivity contribution < 1.29 is 0 Å². The van der Waals surface area contributed by atoms with E-state index in [1.807, 2.05) is 0 Å². The summed E-state index contributed by atoms with van der Waals surface area (Å²) in [4.78, 5) is 2.54. The third-order valence-electron chi connectivity index (χ3n) is 13.7. The molecule has 0 unspecified atom stereocenters. The fourth-order valence-corrected chi connectivity index (χ4v) is 10.5. The molecule has 0 aliphatic heterocycles. The van der Waals surface area contributed by atoms with Crippen molar-refractivity contribution in [2.24, 2.45) is 0 Å². The molecule has 1 aliphatic rings. The molecule has 12 rings (SSSR count). The van der Waals surface area contributed by atoms with E-state index >= 15 is 0 Å². The lowest BCUT2D eigenvalue weighted by atomic mass is 9.82.